The predicted octanol–water partition coefficient (Wildman–Crippen LogP) is 2.81. The van der Waals surface area contributed by atoms with Crippen LogP contribution in [0.15, 0.2) is 40.6 Å². The second-order valence-corrected chi connectivity index (χ2v) is 10.8. The van der Waals surface area contributed by atoms with Gasteiger partial charge in [-0.2, -0.15) is 17.8 Å². The number of aryl methyl sites for hydroxylation is 1. The second kappa shape index (κ2) is 7.62. The lowest BCUT2D eigenvalue weighted by Gasteiger charge is -2.35. The highest BCUT2D eigenvalue weighted by atomic mass is 35.5. The van der Waals surface area contributed by atoms with Gasteiger partial charge < -0.3 is 24.3 Å². The molecular formula is C19H20ClN3O7S2. The van der Waals surface area contributed by atoms with Crippen molar-refractivity contribution in [2.45, 2.75) is 49.4 Å². The molecule has 0 radical (unpaired) electrons. The molecule has 1 aromatic heterocycles. The SMILES string of the molecule is Cc1ccc(S(=O)(=O)OC[C@@]23CO[C@@H](O2)C(Nc2nc(Cl)ns2)=C2OC(C)(C)O[C@H]23)cc1. The summed E-state index contributed by atoms with van der Waals surface area (Å²) >= 11 is 6.88. The molecule has 10 nitrogen and oxygen atoms in total. The molecule has 32 heavy (non-hydrogen) atoms. The van der Waals surface area contributed by atoms with Crippen molar-refractivity contribution in [1.82, 2.24) is 9.36 Å². The molecule has 13 heteroatoms. The number of anilines is 1. The Morgan fingerprint density at radius 2 is 2.03 bits per heavy atom. The van der Waals surface area contributed by atoms with Crippen LogP contribution in [-0.4, -0.2) is 54.8 Å². The summed E-state index contributed by atoms with van der Waals surface area (Å²) < 4.78 is 58.9. The van der Waals surface area contributed by atoms with Crippen LogP contribution in [-0.2, 0) is 33.2 Å². The van der Waals surface area contributed by atoms with E-state index in [4.69, 9.17) is 34.7 Å². The zero-order chi connectivity index (χ0) is 22.7. The number of aromatic nitrogens is 2. The fraction of sp³-hybridized carbons (Fsp3) is 0.474. The largest absolute Gasteiger partial charge is 0.462 e. The van der Waals surface area contributed by atoms with Crippen LogP contribution in [0, 0.1) is 6.92 Å². The number of halogens is 1. The second-order valence-electron chi connectivity index (χ2n) is 8.13. The molecule has 4 heterocycles. The average molecular weight is 502 g/mol. The molecule has 3 atom stereocenters. The minimum atomic E-state index is -4.02. The van der Waals surface area contributed by atoms with Gasteiger partial charge >= 0.3 is 0 Å². The lowest BCUT2D eigenvalue weighted by atomic mass is 9.94. The summed E-state index contributed by atoms with van der Waals surface area (Å²) in [5, 5.41) is 3.62. The Morgan fingerprint density at radius 1 is 1.28 bits per heavy atom. The number of fused-ring (bicyclic) bond motifs is 4. The first-order valence-electron chi connectivity index (χ1n) is 9.70. The van der Waals surface area contributed by atoms with Crippen LogP contribution in [0.25, 0.3) is 0 Å². The van der Waals surface area contributed by atoms with Gasteiger partial charge in [-0.3, -0.25) is 4.18 Å². The fourth-order valence-electron chi connectivity index (χ4n) is 3.71. The molecular weight excluding hydrogens is 482 g/mol. The van der Waals surface area contributed by atoms with Crippen molar-refractivity contribution in [3.8, 4) is 0 Å². The van der Waals surface area contributed by atoms with Crippen molar-refractivity contribution in [2.75, 3.05) is 18.5 Å². The van der Waals surface area contributed by atoms with Gasteiger partial charge in [-0.05, 0) is 30.7 Å². The van der Waals surface area contributed by atoms with Crippen LogP contribution in [0.4, 0.5) is 5.13 Å². The van der Waals surface area contributed by atoms with E-state index in [-0.39, 0.29) is 23.4 Å². The molecule has 2 bridgehead atoms. The number of hydrogen-bond acceptors (Lipinski definition) is 11. The van der Waals surface area contributed by atoms with Crippen molar-refractivity contribution in [2.24, 2.45) is 0 Å². The third-order valence-corrected chi connectivity index (χ3v) is 7.38. The Bertz CT molecular complexity index is 1180. The summed E-state index contributed by atoms with van der Waals surface area (Å²) in [6.45, 7) is 5.10. The fourth-order valence-corrected chi connectivity index (χ4v) is 5.39. The third kappa shape index (κ3) is 3.89. The molecule has 3 aliphatic rings. The predicted molar refractivity (Wildman–Crippen MR) is 113 cm³/mol. The highest BCUT2D eigenvalue weighted by molar-refractivity contribution is 7.86. The van der Waals surface area contributed by atoms with Gasteiger partial charge in [0, 0.05) is 25.4 Å². The van der Waals surface area contributed by atoms with Crippen molar-refractivity contribution in [3.05, 3.63) is 46.6 Å². The Kier molecular flexibility index (Phi) is 5.24. The lowest BCUT2D eigenvalue weighted by Crippen LogP contribution is -2.53. The van der Waals surface area contributed by atoms with Gasteiger partial charge in [0.2, 0.25) is 22.5 Å². The van der Waals surface area contributed by atoms with Gasteiger partial charge in [0.1, 0.15) is 12.3 Å². The molecule has 0 aliphatic carbocycles. The van der Waals surface area contributed by atoms with Gasteiger partial charge in [-0.15, -0.1) is 0 Å². The Balaban J connectivity index is 1.43. The molecule has 172 valence electrons. The first-order chi connectivity index (χ1) is 15.1. The molecule has 5 rings (SSSR count). The van der Waals surface area contributed by atoms with Gasteiger partial charge in [0.15, 0.2) is 17.5 Å². The number of nitrogens with zero attached hydrogens (tertiary/aromatic N) is 2. The number of rotatable bonds is 6. The topological polar surface area (TPSA) is 118 Å². The van der Waals surface area contributed by atoms with Crippen LogP contribution in [0.2, 0.25) is 5.28 Å². The lowest BCUT2D eigenvalue weighted by molar-refractivity contribution is -0.182. The molecule has 1 aromatic carbocycles. The molecule has 0 saturated carbocycles. The van der Waals surface area contributed by atoms with Gasteiger partial charge in [-0.1, -0.05) is 17.7 Å². The van der Waals surface area contributed by atoms with E-state index in [1.54, 1.807) is 26.0 Å². The number of nitrogens with one attached hydrogen (secondary N) is 1. The summed E-state index contributed by atoms with van der Waals surface area (Å²) in [7, 11) is -4.02. The zero-order valence-electron chi connectivity index (χ0n) is 17.3. The average Bonchev–Trinajstić information content (AvgIpc) is 3.41. The smallest absolute Gasteiger partial charge is 0.297 e. The van der Waals surface area contributed by atoms with Crippen molar-refractivity contribution in [3.63, 3.8) is 0 Å². The van der Waals surface area contributed by atoms with Gasteiger partial charge in [-0.25, -0.2) is 0 Å². The van der Waals surface area contributed by atoms with Gasteiger partial charge in [0.25, 0.3) is 10.1 Å². The number of benzene rings is 1. The standard InChI is InChI=1S/C19H20ClN3O7S2/c1-10-4-6-11(7-5-10)32(24,25)27-9-19-8-26-15(30-19)12(21-17-22-16(20)23-31-17)13-14(19)29-18(2,3)28-13/h4-7,14-15H,8-9H2,1-3H3,(H,21,22,23)/t14-,15+,19-/m1/s1. The van der Waals surface area contributed by atoms with E-state index < -0.39 is 33.9 Å². The van der Waals surface area contributed by atoms with Crippen LogP contribution in [0.5, 0.6) is 0 Å². The van der Waals surface area contributed by atoms with E-state index in [0.29, 0.717) is 16.6 Å². The third-order valence-electron chi connectivity index (χ3n) is 5.21. The quantitative estimate of drug-likeness (QED) is 0.592. The monoisotopic (exact) mass is 501 g/mol. The molecule has 1 N–H and O–H groups in total. The summed E-state index contributed by atoms with van der Waals surface area (Å²) in [4.78, 5) is 4.14. The summed E-state index contributed by atoms with van der Waals surface area (Å²) in [6.07, 6.45) is -1.62. The first kappa shape index (κ1) is 22.0. The van der Waals surface area contributed by atoms with E-state index in [9.17, 15) is 8.42 Å². The molecule has 0 unspecified atom stereocenters. The van der Waals surface area contributed by atoms with Crippen molar-refractivity contribution < 1.29 is 31.5 Å². The maximum atomic E-state index is 12.7. The highest BCUT2D eigenvalue weighted by Crippen LogP contribution is 2.48. The maximum Gasteiger partial charge on any atom is 0.297 e. The summed E-state index contributed by atoms with van der Waals surface area (Å²) in [6, 6.07) is 6.40. The number of ether oxygens (including phenoxy) is 4. The molecule has 3 aliphatic heterocycles. The first-order valence-corrected chi connectivity index (χ1v) is 12.3. The summed E-state index contributed by atoms with van der Waals surface area (Å²) in [5.41, 5.74) is 0.188. The summed E-state index contributed by atoms with van der Waals surface area (Å²) in [5.74, 6) is -0.533. The van der Waals surface area contributed by atoms with Crippen molar-refractivity contribution >= 4 is 38.4 Å². The molecule has 2 aromatic rings. The Morgan fingerprint density at radius 3 is 2.72 bits per heavy atom. The van der Waals surface area contributed by atoms with E-state index in [2.05, 4.69) is 14.7 Å². The van der Waals surface area contributed by atoms with Crippen LogP contribution in [0.1, 0.15) is 19.4 Å². The highest BCUT2D eigenvalue weighted by Gasteiger charge is 2.62. The maximum absolute atomic E-state index is 12.7. The van der Waals surface area contributed by atoms with E-state index in [0.717, 1.165) is 17.1 Å². The van der Waals surface area contributed by atoms with Crippen LogP contribution >= 0.6 is 23.1 Å². The zero-order valence-corrected chi connectivity index (χ0v) is 19.7. The van der Waals surface area contributed by atoms with E-state index >= 15 is 0 Å². The Hall–Kier alpha value is -1.80. The van der Waals surface area contributed by atoms with Crippen LogP contribution < -0.4 is 5.32 Å². The molecule has 0 spiro atoms. The number of hydrogen-bond donors (Lipinski definition) is 1. The normalized spacial score (nSPS) is 28.5. The molecule has 2 fully saturated rings. The van der Waals surface area contributed by atoms with Crippen LogP contribution in [0.3, 0.4) is 0 Å². The molecule has 2 saturated heterocycles. The van der Waals surface area contributed by atoms with E-state index in [1.165, 1.54) is 12.1 Å². The minimum absolute atomic E-state index is 0.0384. The molecule has 0 amide bonds. The van der Waals surface area contributed by atoms with Gasteiger partial charge in [0.05, 0.1) is 11.5 Å². The van der Waals surface area contributed by atoms with E-state index in [1.807, 2.05) is 6.92 Å². The Labute approximate surface area is 193 Å². The minimum Gasteiger partial charge on any atom is -0.462 e. The van der Waals surface area contributed by atoms with Crippen molar-refractivity contribution in [1.29, 1.82) is 0 Å².